The fraction of sp³-hybridized carbons (Fsp3) is 0.917. The summed E-state index contributed by atoms with van der Waals surface area (Å²) in [4.78, 5) is 11.4. The van der Waals surface area contributed by atoms with Crippen molar-refractivity contribution in [1.29, 1.82) is 0 Å². The van der Waals surface area contributed by atoms with Crippen LogP contribution in [0.3, 0.4) is 0 Å². The Labute approximate surface area is 92.3 Å². The first-order chi connectivity index (χ1) is 7.16. The summed E-state index contributed by atoms with van der Waals surface area (Å²) in [6.07, 6.45) is 7.15. The molecule has 0 saturated heterocycles. The van der Waals surface area contributed by atoms with E-state index in [1.807, 2.05) is 0 Å². The monoisotopic (exact) mass is 213 g/mol. The highest BCUT2D eigenvalue weighted by Gasteiger charge is 2.28. The summed E-state index contributed by atoms with van der Waals surface area (Å²) < 4.78 is 0. The van der Waals surface area contributed by atoms with Crippen molar-refractivity contribution in [3.05, 3.63) is 0 Å². The van der Waals surface area contributed by atoms with Gasteiger partial charge in [0.05, 0.1) is 0 Å². The summed E-state index contributed by atoms with van der Waals surface area (Å²) in [6.45, 7) is 3.27. The van der Waals surface area contributed by atoms with Crippen LogP contribution in [0.2, 0.25) is 0 Å². The number of aliphatic hydroxyl groups is 1. The minimum absolute atomic E-state index is 0.136. The zero-order valence-corrected chi connectivity index (χ0v) is 9.72. The van der Waals surface area contributed by atoms with E-state index >= 15 is 0 Å². The van der Waals surface area contributed by atoms with Crippen molar-refractivity contribution >= 4 is 5.91 Å². The van der Waals surface area contributed by atoms with E-state index in [4.69, 9.17) is 5.11 Å². The Morgan fingerprint density at radius 2 is 2.00 bits per heavy atom. The highest BCUT2D eigenvalue weighted by atomic mass is 16.2. The Kier molecular flexibility index (Phi) is 5.09. The first kappa shape index (κ1) is 12.5. The van der Waals surface area contributed by atoms with Gasteiger partial charge in [0.2, 0.25) is 5.91 Å². The Morgan fingerprint density at radius 1 is 1.33 bits per heavy atom. The first-order valence-electron chi connectivity index (χ1n) is 6.04. The summed E-state index contributed by atoms with van der Waals surface area (Å²) in [5.41, 5.74) is 0.340. The summed E-state index contributed by atoms with van der Waals surface area (Å²) in [5, 5.41) is 11.6. The Balaban J connectivity index is 2.10. The fourth-order valence-corrected chi connectivity index (χ4v) is 2.20. The highest BCUT2D eigenvalue weighted by molar-refractivity contribution is 5.75. The smallest absolute Gasteiger partial charge is 0.220 e. The maximum atomic E-state index is 11.4. The van der Waals surface area contributed by atoms with Crippen molar-refractivity contribution in [1.82, 2.24) is 5.32 Å². The lowest BCUT2D eigenvalue weighted by Gasteiger charge is -2.23. The second-order valence-electron chi connectivity index (χ2n) is 4.98. The molecule has 1 aliphatic rings. The van der Waals surface area contributed by atoms with Gasteiger partial charge >= 0.3 is 0 Å². The van der Waals surface area contributed by atoms with Gasteiger partial charge in [0.25, 0.3) is 0 Å². The van der Waals surface area contributed by atoms with Crippen molar-refractivity contribution in [2.24, 2.45) is 5.41 Å². The SMILES string of the molecule is CC1(CNC(=O)CCCCO)CCCC1. The minimum atomic E-state index is 0.136. The molecule has 1 amide bonds. The summed E-state index contributed by atoms with van der Waals surface area (Å²) in [7, 11) is 0. The third kappa shape index (κ3) is 4.65. The fourth-order valence-electron chi connectivity index (χ4n) is 2.20. The van der Waals surface area contributed by atoms with Gasteiger partial charge in [-0.3, -0.25) is 4.79 Å². The van der Waals surface area contributed by atoms with E-state index in [2.05, 4.69) is 12.2 Å². The molecule has 0 aromatic carbocycles. The molecule has 1 saturated carbocycles. The van der Waals surface area contributed by atoms with E-state index in [-0.39, 0.29) is 12.5 Å². The average molecular weight is 213 g/mol. The third-order valence-corrected chi connectivity index (χ3v) is 3.33. The Bertz CT molecular complexity index is 198. The van der Waals surface area contributed by atoms with E-state index in [0.717, 1.165) is 19.4 Å². The minimum Gasteiger partial charge on any atom is -0.396 e. The van der Waals surface area contributed by atoms with Gasteiger partial charge in [0.15, 0.2) is 0 Å². The molecule has 1 aliphatic carbocycles. The second kappa shape index (κ2) is 6.11. The molecule has 0 spiro atoms. The number of hydrogen-bond acceptors (Lipinski definition) is 2. The molecule has 0 aliphatic heterocycles. The number of hydrogen-bond donors (Lipinski definition) is 2. The standard InChI is InChI=1S/C12H23NO2/c1-12(7-3-4-8-12)10-13-11(15)6-2-5-9-14/h14H,2-10H2,1H3,(H,13,15). The number of carbonyl (C=O) groups is 1. The van der Waals surface area contributed by atoms with E-state index in [0.29, 0.717) is 11.8 Å². The van der Waals surface area contributed by atoms with Crippen LogP contribution >= 0.6 is 0 Å². The summed E-state index contributed by atoms with van der Waals surface area (Å²) in [5.74, 6) is 0.136. The van der Waals surface area contributed by atoms with Crippen LogP contribution in [0.1, 0.15) is 51.9 Å². The summed E-state index contributed by atoms with van der Waals surface area (Å²) >= 11 is 0. The van der Waals surface area contributed by atoms with Gasteiger partial charge in [-0.2, -0.15) is 0 Å². The second-order valence-corrected chi connectivity index (χ2v) is 4.98. The summed E-state index contributed by atoms with van der Waals surface area (Å²) in [6, 6.07) is 0. The quantitative estimate of drug-likeness (QED) is 0.661. The van der Waals surface area contributed by atoms with Gasteiger partial charge in [-0.15, -0.1) is 0 Å². The maximum Gasteiger partial charge on any atom is 0.220 e. The molecule has 1 rings (SSSR count). The number of carbonyl (C=O) groups excluding carboxylic acids is 1. The molecule has 88 valence electrons. The molecule has 1 fully saturated rings. The molecule has 3 nitrogen and oxygen atoms in total. The number of amides is 1. The normalized spacial score (nSPS) is 19.1. The van der Waals surface area contributed by atoms with E-state index in [1.54, 1.807) is 0 Å². The zero-order valence-electron chi connectivity index (χ0n) is 9.72. The van der Waals surface area contributed by atoms with Crippen LogP contribution in [0.5, 0.6) is 0 Å². The predicted molar refractivity (Wildman–Crippen MR) is 60.5 cm³/mol. The van der Waals surface area contributed by atoms with Crippen molar-refractivity contribution in [2.45, 2.75) is 51.9 Å². The molecule has 3 heteroatoms. The molecule has 15 heavy (non-hydrogen) atoms. The van der Waals surface area contributed by atoms with E-state index in [1.165, 1.54) is 25.7 Å². The van der Waals surface area contributed by atoms with Crippen LogP contribution < -0.4 is 5.32 Å². The maximum absolute atomic E-state index is 11.4. The van der Waals surface area contributed by atoms with Crippen molar-refractivity contribution in [3.8, 4) is 0 Å². The molecular formula is C12H23NO2. The van der Waals surface area contributed by atoms with Crippen LogP contribution in [-0.2, 0) is 4.79 Å². The van der Waals surface area contributed by atoms with Gasteiger partial charge < -0.3 is 10.4 Å². The lowest BCUT2D eigenvalue weighted by molar-refractivity contribution is -0.121. The van der Waals surface area contributed by atoms with Crippen LogP contribution in [0.15, 0.2) is 0 Å². The Morgan fingerprint density at radius 3 is 2.60 bits per heavy atom. The molecule has 0 radical (unpaired) electrons. The third-order valence-electron chi connectivity index (χ3n) is 3.33. The highest BCUT2D eigenvalue weighted by Crippen LogP contribution is 2.36. The lowest BCUT2D eigenvalue weighted by atomic mass is 9.89. The van der Waals surface area contributed by atoms with Gasteiger partial charge in [-0.1, -0.05) is 19.8 Å². The van der Waals surface area contributed by atoms with Gasteiger partial charge in [-0.05, 0) is 31.1 Å². The molecule has 2 N–H and O–H groups in total. The Hall–Kier alpha value is -0.570. The van der Waals surface area contributed by atoms with Crippen LogP contribution in [-0.4, -0.2) is 24.2 Å². The number of aliphatic hydroxyl groups excluding tert-OH is 1. The van der Waals surface area contributed by atoms with E-state index in [9.17, 15) is 4.79 Å². The zero-order chi connectivity index (χ0) is 11.1. The number of nitrogens with one attached hydrogen (secondary N) is 1. The van der Waals surface area contributed by atoms with Gasteiger partial charge in [-0.25, -0.2) is 0 Å². The number of rotatable bonds is 6. The van der Waals surface area contributed by atoms with Crippen molar-refractivity contribution in [3.63, 3.8) is 0 Å². The van der Waals surface area contributed by atoms with Gasteiger partial charge in [0.1, 0.15) is 0 Å². The van der Waals surface area contributed by atoms with Gasteiger partial charge in [0, 0.05) is 19.6 Å². The van der Waals surface area contributed by atoms with Crippen molar-refractivity contribution < 1.29 is 9.90 Å². The average Bonchev–Trinajstić information content (AvgIpc) is 2.64. The molecule has 0 unspecified atom stereocenters. The lowest BCUT2D eigenvalue weighted by Crippen LogP contribution is -2.33. The molecular weight excluding hydrogens is 190 g/mol. The van der Waals surface area contributed by atoms with Crippen molar-refractivity contribution in [2.75, 3.05) is 13.2 Å². The molecule has 0 bridgehead atoms. The molecule has 0 aromatic rings. The van der Waals surface area contributed by atoms with E-state index < -0.39 is 0 Å². The van der Waals surface area contributed by atoms with Crippen LogP contribution in [0.4, 0.5) is 0 Å². The first-order valence-corrected chi connectivity index (χ1v) is 6.04. The molecule has 0 heterocycles. The number of unbranched alkanes of at least 4 members (excludes halogenated alkanes) is 1. The molecule has 0 atom stereocenters. The molecule has 0 aromatic heterocycles. The van der Waals surface area contributed by atoms with Crippen LogP contribution in [0.25, 0.3) is 0 Å². The topological polar surface area (TPSA) is 49.3 Å². The largest absolute Gasteiger partial charge is 0.396 e. The van der Waals surface area contributed by atoms with Crippen LogP contribution in [0, 0.1) is 5.41 Å². The predicted octanol–water partition coefficient (Wildman–Crippen LogP) is 1.85.